The van der Waals surface area contributed by atoms with Crippen molar-refractivity contribution in [3.8, 4) is 0 Å². The van der Waals surface area contributed by atoms with Crippen LogP contribution in [-0.4, -0.2) is 0 Å². The molecule has 1 fully saturated rings. The Kier molecular flexibility index (Phi) is 4.98. The van der Waals surface area contributed by atoms with Crippen molar-refractivity contribution in [3.63, 3.8) is 0 Å². The molecule has 0 aliphatic heterocycles. The van der Waals surface area contributed by atoms with Crippen LogP contribution in [0.4, 0.5) is 0 Å². The monoisotopic (exact) mass is 366 g/mol. The Balaban J connectivity index is 1.83. The Morgan fingerprint density at radius 1 is 1.18 bits per heavy atom. The second-order valence-corrected chi connectivity index (χ2v) is 8.33. The molecule has 0 aromatic heterocycles. The minimum Gasteiger partial charge on any atom is -0.0955 e. The molecule has 2 atom stereocenters. The lowest BCUT2D eigenvalue weighted by Crippen LogP contribution is -2.21. The molecule has 0 amide bonds. The molecule has 0 N–H and O–H groups in total. The number of hydrogen-bond donors (Lipinski definition) is 0. The molecule has 2 unspecified atom stereocenters. The van der Waals surface area contributed by atoms with Crippen LogP contribution in [0.1, 0.15) is 50.2 Å². The quantitative estimate of drug-likeness (QED) is 0.512. The highest BCUT2D eigenvalue weighted by molar-refractivity contribution is 5.62. The first kappa shape index (κ1) is 18.7. The van der Waals surface area contributed by atoms with E-state index in [4.69, 9.17) is 0 Å². The van der Waals surface area contributed by atoms with Gasteiger partial charge < -0.3 is 0 Å². The van der Waals surface area contributed by atoms with Gasteiger partial charge >= 0.3 is 0 Å². The molecule has 0 heteroatoms. The van der Waals surface area contributed by atoms with E-state index in [1.54, 1.807) is 0 Å². The molecule has 1 aromatic carbocycles. The maximum atomic E-state index is 4.60. The summed E-state index contributed by atoms with van der Waals surface area (Å²) in [7, 11) is 0. The summed E-state index contributed by atoms with van der Waals surface area (Å²) >= 11 is 0. The first-order valence-corrected chi connectivity index (χ1v) is 10.4. The molecule has 1 aromatic rings. The molecule has 142 valence electrons. The molecule has 3 aliphatic carbocycles. The van der Waals surface area contributed by atoms with E-state index in [0.29, 0.717) is 11.8 Å². The topological polar surface area (TPSA) is 0 Å². The Labute approximate surface area is 170 Å². The SMILES string of the molecule is C=C(CC)C1=C(C)C=C2CC(=CC3=CC=CC3)C(=C)C2C1c1ccccc1C. The summed E-state index contributed by atoms with van der Waals surface area (Å²) in [6.45, 7) is 15.8. The van der Waals surface area contributed by atoms with Crippen molar-refractivity contribution in [2.24, 2.45) is 5.92 Å². The first-order chi connectivity index (χ1) is 13.5. The molecule has 0 bridgehead atoms. The predicted octanol–water partition coefficient (Wildman–Crippen LogP) is 7.69. The van der Waals surface area contributed by atoms with Crippen molar-refractivity contribution < 1.29 is 0 Å². The van der Waals surface area contributed by atoms with Gasteiger partial charge in [-0.15, -0.1) is 0 Å². The number of aryl methyl sites for hydroxylation is 1. The fraction of sp³-hybridized carbons (Fsp3) is 0.286. The zero-order valence-electron chi connectivity index (χ0n) is 17.4. The van der Waals surface area contributed by atoms with Crippen LogP contribution in [0.5, 0.6) is 0 Å². The lowest BCUT2D eigenvalue weighted by atomic mass is 9.68. The van der Waals surface area contributed by atoms with Crippen molar-refractivity contribution in [2.45, 2.75) is 46.0 Å². The lowest BCUT2D eigenvalue weighted by molar-refractivity contribution is 0.619. The van der Waals surface area contributed by atoms with Crippen LogP contribution in [-0.2, 0) is 0 Å². The number of allylic oxidation sites excluding steroid dienone is 12. The van der Waals surface area contributed by atoms with Crippen molar-refractivity contribution >= 4 is 0 Å². The van der Waals surface area contributed by atoms with Gasteiger partial charge in [-0.25, -0.2) is 0 Å². The predicted molar refractivity (Wildman–Crippen MR) is 121 cm³/mol. The zero-order valence-corrected chi connectivity index (χ0v) is 17.4. The molecular weight excluding hydrogens is 336 g/mol. The summed E-state index contributed by atoms with van der Waals surface area (Å²) < 4.78 is 0. The van der Waals surface area contributed by atoms with Gasteiger partial charge in [0.05, 0.1) is 0 Å². The van der Waals surface area contributed by atoms with E-state index in [-0.39, 0.29) is 0 Å². The van der Waals surface area contributed by atoms with Crippen molar-refractivity contribution in [1.82, 2.24) is 0 Å². The third-order valence-corrected chi connectivity index (χ3v) is 6.54. The molecule has 0 spiro atoms. The fourth-order valence-corrected chi connectivity index (χ4v) is 5.09. The zero-order chi connectivity index (χ0) is 19.8. The minimum atomic E-state index is 0.322. The van der Waals surface area contributed by atoms with Crippen LogP contribution in [0.25, 0.3) is 0 Å². The summed E-state index contributed by atoms with van der Waals surface area (Å²) in [5, 5.41) is 0. The normalized spacial score (nSPS) is 25.2. The molecule has 1 saturated carbocycles. The van der Waals surface area contributed by atoms with Gasteiger partial charge in [0.25, 0.3) is 0 Å². The van der Waals surface area contributed by atoms with E-state index in [1.807, 2.05) is 0 Å². The Bertz CT molecular complexity index is 1000. The van der Waals surface area contributed by atoms with Gasteiger partial charge in [-0.3, -0.25) is 0 Å². The highest BCUT2D eigenvalue weighted by Gasteiger charge is 2.41. The molecule has 3 aliphatic rings. The molecule has 0 saturated heterocycles. The van der Waals surface area contributed by atoms with Gasteiger partial charge in [0.2, 0.25) is 0 Å². The van der Waals surface area contributed by atoms with E-state index < -0.39 is 0 Å². The summed E-state index contributed by atoms with van der Waals surface area (Å²) in [6.07, 6.45) is 14.4. The first-order valence-electron chi connectivity index (χ1n) is 10.4. The lowest BCUT2D eigenvalue weighted by Gasteiger charge is -2.35. The van der Waals surface area contributed by atoms with Crippen LogP contribution in [0, 0.1) is 12.8 Å². The van der Waals surface area contributed by atoms with Gasteiger partial charge in [0, 0.05) is 11.8 Å². The van der Waals surface area contributed by atoms with E-state index in [0.717, 1.165) is 19.3 Å². The average Bonchev–Trinajstić information content (AvgIpc) is 3.29. The van der Waals surface area contributed by atoms with Gasteiger partial charge in [-0.05, 0) is 72.1 Å². The molecule has 0 nitrogen and oxygen atoms in total. The maximum Gasteiger partial charge on any atom is 0.0203 e. The van der Waals surface area contributed by atoms with Crippen LogP contribution in [0.2, 0.25) is 0 Å². The summed E-state index contributed by atoms with van der Waals surface area (Å²) in [6, 6.07) is 8.85. The van der Waals surface area contributed by atoms with E-state index >= 15 is 0 Å². The highest BCUT2D eigenvalue weighted by atomic mass is 14.4. The van der Waals surface area contributed by atoms with Crippen LogP contribution in [0.15, 0.2) is 107 Å². The Hall–Kier alpha value is -2.60. The van der Waals surface area contributed by atoms with Crippen molar-refractivity contribution in [3.05, 3.63) is 118 Å². The number of fused-ring (bicyclic) bond motifs is 1. The second kappa shape index (κ2) is 7.43. The summed E-state index contributed by atoms with van der Waals surface area (Å²) in [5.74, 6) is 0.673. The standard InChI is InChI=1S/C28H30/c1-6-18(2)26-20(4)15-24-17-23(16-22-12-8-9-13-22)21(5)27(24)28(26)25-14-10-7-11-19(25)3/h7-12,14-16,27-28H,2,5-6,13,17H2,1,3-4H3. The van der Waals surface area contributed by atoms with Gasteiger partial charge in [-0.2, -0.15) is 0 Å². The fourth-order valence-electron chi connectivity index (χ4n) is 5.09. The van der Waals surface area contributed by atoms with E-state index in [2.05, 4.69) is 88.6 Å². The Morgan fingerprint density at radius 3 is 2.64 bits per heavy atom. The molecular formula is C28H30. The minimum absolute atomic E-state index is 0.322. The Morgan fingerprint density at radius 2 is 1.96 bits per heavy atom. The average molecular weight is 367 g/mol. The highest BCUT2D eigenvalue weighted by Crippen LogP contribution is 2.55. The molecule has 4 rings (SSSR count). The van der Waals surface area contributed by atoms with Crippen LogP contribution in [0.3, 0.4) is 0 Å². The van der Waals surface area contributed by atoms with E-state index in [9.17, 15) is 0 Å². The van der Waals surface area contributed by atoms with Gasteiger partial charge in [-0.1, -0.05) is 85.9 Å². The van der Waals surface area contributed by atoms with Gasteiger partial charge in [0.15, 0.2) is 0 Å². The number of benzene rings is 1. The number of rotatable bonds is 4. The molecule has 28 heavy (non-hydrogen) atoms. The second-order valence-electron chi connectivity index (χ2n) is 8.33. The molecule has 0 radical (unpaired) electrons. The number of hydrogen-bond acceptors (Lipinski definition) is 0. The van der Waals surface area contributed by atoms with E-state index in [1.165, 1.54) is 50.1 Å². The summed E-state index contributed by atoms with van der Waals surface area (Å²) in [5.41, 5.74) is 12.4. The third kappa shape index (κ3) is 3.11. The summed E-state index contributed by atoms with van der Waals surface area (Å²) in [4.78, 5) is 0. The van der Waals surface area contributed by atoms with Crippen LogP contribution < -0.4 is 0 Å². The van der Waals surface area contributed by atoms with Crippen LogP contribution >= 0.6 is 0 Å². The third-order valence-electron chi connectivity index (χ3n) is 6.54. The largest absolute Gasteiger partial charge is 0.0955 e. The smallest absolute Gasteiger partial charge is 0.0203 e. The van der Waals surface area contributed by atoms with Gasteiger partial charge in [0.1, 0.15) is 0 Å². The van der Waals surface area contributed by atoms with Crippen molar-refractivity contribution in [1.29, 1.82) is 0 Å². The van der Waals surface area contributed by atoms with Crippen molar-refractivity contribution in [2.75, 3.05) is 0 Å². The molecule has 0 heterocycles. The maximum absolute atomic E-state index is 4.60.